The predicted molar refractivity (Wildman–Crippen MR) is 118 cm³/mol. The highest BCUT2D eigenvalue weighted by molar-refractivity contribution is 8.15. The monoisotopic (exact) mass is 429 g/mol. The molecule has 1 fully saturated rings. The number of amidine groups is 1. The van der Waals surface area contributed by atoms with Crippen LogP contribution >= 0.6 is 23.4 Å². The molecule has 2 amide bonds. The van der Waals surface area contributed by atoms with Gasteiger partial charge in [-0.15, -0.1) is 6.58 Å². The van der Waals surface area contributed by atoms with E-state index in [1.807, 2.05) is 0 Å². The Balaban J connectivity index is 1.71. The van der Waals surface area contributed by atoms with Crippen LogP contribution in [-0.2, 0) is 9.59 Å². The fourth-order valence-corrected chi connectivity index (χ4v) is 4.08. The summed E-state index contributed by atoms with van der Waals surface area (Å²) in [6.45, 7) is 4.02. The largest absolute Gasteiger partial charge is 0.497 e. The van der Waals surface area contributed by atoms with E-state index in [-0.39, 0.29) is 18.2 Å². The minimum Gasteiger partial charge on any atom is -0.497 e. The zero-order chi connectivity index (χ0) is 20.8. The van der Waals surface area contributed by atoms with Gasteiger partial charge in [0.15, 0.2) is 5.17 Å². The molecule has 8 heteroatoms. The number of hydrogen-bond acceptors (Lipinski definition) is 5. The van der Waals surface area contributed by atoms with Gasteiger partial charge >= 0.3 is 0 Å². The lowest BCUT2D eigenvalue weighted by Crippen LogP contribution is -2.33. The molecule has 1 aliphatic heterocycles. The Bertz CT molecular complexity index is 946. The van der Waals surface area contributed by atoms with Crippen molar-refractivity contribution in [3.63, 3.8) is 0 Å². The Morgan fingerprint density at radius 2 is 2.10 bits per heavy atom. The lowest BCUT2D eigenvalue weighted by molar-refractivity contribution is -0.127. The molecule has 0 spiro atoms. The number of benzene rings is 2. The number of nitrogens with one attached hydrogen (secondary N) is 1. The first-order valence-electron chi connectivity index (χ1n) is 8.87. The third kappa shape index (κ3) is 5.40. The molecule has 0 aliphatic carbocycles. The van der Waals surface area contributed by atoms with Crippen molar-refractivity contribution in [3.05, 3.63) is 66.2 Å². The minimum absolute atomic E-state index is 0.0394. The standard InChI is InChI=1S/C21H20ClN3O3S/c1-3-11-25-20(27)18(29-21(25)24-16-6-4-5-14(22)12-16)13-19(26)23-15-7-9-17(28-2)10-8-15/h3-10,12,18H,1,11,13H2,2H3,(H,23,26)/t18-/m0/s1. The molecular formula is C21H20ClN3O3S. The molecule has 0 unspecified atom stereocenters. The topological polar surface area (TPSA) is 71.0 Å². The Kier molecular flexibility index (Phi) is 6.95. The van der Waals surface area contributed by atoms with E-state index >= 15 is 0 Å². The highest BCUT2D eigenvalue weighted by Gasteiger charge is 2.38. The lowest BCUT2D eigenvalue weighted by Gasteiger charge is -2.13. The maximum absolute atomic E-state index is 12.8. The molecule has 150 valence electrons. The molecule has 0 saturated carbocycles. The zero-order valence-electron chi connectivity index (χ0n) is 15.8. The van der Waals surface area contributed by atoms with E-state index in [2.05, 4.69) is 16.9 Å². The molecule has 1 atom stereocenters. The van der Waals surface area contributed by atoms with Crippen LogP contribution in [-0.4, -0.2) is 40.8 Å². The number of nitrogens with zero attached hydrogens (tertiary/aromatic N) is 2. The summed E-state index contributed by atoms with van der Waals surface area (Å²) in [6, 6.07) is 14.1. The molecular weight excluding hydrogens is 410 g/mol. The van der Waals surface area contributed by atoms with Crippen molar-refractivity contribution >= 4 is 51.7 Å². The number of amides is 2. The first kappa shape index (κ1) is 21.0. The molecule has 1 aliphatic rings. The van der Waals surface area contributed by atoms with Crippen LogP contribution in [0.2, 0.25) is 5.02 Å². The summed E-state index contributed by atoms with van der Waals surface area (Å²) in [5.74, 6) is 0.288. The van der Waals surface area contributed by atoms with Gasteiger partial charge in [0.25, 0.3) is 0 Å². The van der Waals surface area contributed by atoms with Gasteiger partial charge in [-0.1, -0.05) is 35.5 Å². The van der Waals surface area contributed by atoms with Gasteiger partial charge in [-0.25, -0.2) is 4.99 Å². The summed E-state index contributed by atoms with van der Waals surface area (Å²) in [5, 5.41) is 3.34. The molecule has 2 aromatic carbocycles. The molecule has 0 bridgehead atoms. The van der Waals surface area contributed by atoms with Gasteiger partial charge in [0.1, 0.15) is 11.0 Å². The van der Waals surface area contributed by atoms with E-state index in [1.165, 1.54) is 16.7 Å². The quantitative estimate of drug-likeness (QED) is 0.658. The SMILES string of the molecule is C=CCN1C(=O)[C@H](CC(=O)Nc2ccc(OC)cc2)SC1=Nc1cccc(Cl)c1. The highest BCUT2D eigenvalue weighted by atomic mass is 35.5. The molecule has 1 N–H and O–H groups in total. The zero-order valence-corrected chi connectivity index (χ0v) is 17.4. The van der Waals surface area contributed by atoms with Crippen LogP contribution in [0.1, 0.15) is 6.42 Å². The van der Waals surface area contributed by atoms with Crippen LogP contribution in [0.15, 0.2) is 66.2 Å². The van der Waals surface area contributed by atoms with Crippen molar-refractivity contribution in [1.82, 2.24) is 4.90 Å². The fourth-order valence-electron chi connectivity index (χ4n) is 2.73. The Morgan fingerprint density at radius 3 is 2.76 bits per heavy atom. The summed E-state index contributed by atoms with van der Waals surface area (Å²) < 4.78 is 5.10. The molecule has 29 heavy (non-hydrogen) atoms. The second-order valence-electron chi connectivity index (χ2n) is 6.20. The second-order valence-corrected chi connectivity index (χ2v) is 7.81. The molecule has 1 heterocycles. The highest BCUT2D eigenvalue weighted by Crippen LogP contribution is 2.32. The number of ether oxygens (including phenoxy) is 1. The van der Waals surface area contributed by atoms with Gasteiger partial charge in [0.2, 0.25) is 11.8 Å². The average Bonchev–Trinajstić information content (AvgIpc) is 2.97. The second kappa shape index (κ2) is 9.62. The number of rotatable bonds is 7. The summed E-state index contributed by atoms with van der Waals surface area (Å²) in [5.41, 5.74) is 1.28. The van der Waals surface area contributed by atoms with Crippen LogP contribution in [0.25, 0.3) is 0 Å². The number of anilines is 1. The van der Waals surface area contributed by atoms with Crippen LogP contribution in [0.4, 0.5) is 11.4 Å². The summed E-state index contributed by atoms with van der Waals surface area (Å²) in [6.07, 6.45) is 1.67. The third-order valence-electron chi connectivity index (χ3n) is 4.11. The van der Waals surface area contributed by atoms with Crippen LogP contribution in [0.3, 0.4) is 0 Å². The van der Waals surface area contributed by atoms with E-state index < -0.39 is 5.25 Å². The first-order valence-corrected chi connectivity index (χ1v) is 10.1. The van der Waals surface area contributed by atoms with Crippen LogP contribution in [0, 0.1) is 0 Å². The maximum Gasteiger partial charge on any atom is 0.242 e. The van der Waals surface area contributed by atoms with E-state index in [0.717, 1.165) is 0 Å². The van der Waals surface area contributed by atoms with E-state index in [4.69, 9.17) is 16.3 Å². The normalized spacial score (nSPS) is 17.4. The van der Waals surface area contributed by atoms with Gasteiger partial charge < -0.3 is 10.1 Å². The predicted octanol–water partition coefficient (Wildman–Crippen LogP) is 4.49. The molecule has 6 nitrogen and oxygen atoms in total. The maximum atomic E-state index is 12.8. The average molecular weight is 430 g/mol. The van der Waals surface area contributed by atoms with Crippen molar-refractivity contribution in [3.8, 4) is 5.75 Å². The number of methoxy groups -OCH3 is 1. The third-order valence-corrected chi connectivity index (χ3v) is 5.52. The summed E-state index contributed by atoms with van der Waals surface area (Å²) in [7, 11) is 1.58. The van der Waals surface area contributed by atoms with Crippen molar-refractivity contribution in [2.45, 2.75) is 11.7 Å². The number of aliphatic imine (C=N–C) groups is 1. The van der Waals surface area contributed by atoms with Crippen molar-refractivity contribution in [2.75, 3.05) is 19.0 Å². The molecule has 2 aromatic rings. The number of hydrogen-bond donors (Lipinski definition) is 1. The minimum atomic E-state index is -0.550. The fraction of sp³-hybridized carbons (Fsp3) is 0.190. The molecule has 1 saturated heterocycles. The van der Waals surface area contributed by atoms with Gasteiger partial charge in [-0.2, -0.15) is 0 Å². The summed E-state index contributed by atoms with van der Waals surface area (Å²) >= 11 is 7.28. The van der Waals surface area contributed by atoms with Gasteiger partial charge in [-0.05, 0) is 42.5 Å². The van der Waals surface area contributed by atoms with E-state index in [0.29, 0.717) is 33.9 Å². The first-order chi connectivity index (χ1) is 14.0. The van der Waals surface area contributed by atoms with Crippen molar-refractivity contribution in [1.29, 1.82) is 0 Å². The number of thioether (sulfide) groups is 1. The lowest BCUT2D eigenvalue weighted by atomic mass is 10.2. The molecule has 0 radical (unpaired) electrons. The Morgan fingerprint density at radius 1 is 1.34 bits per heavy atom. The summed E-state index contributed by atoms with van der Waals surface area (Å²) in [4.78, 5) is 31.3. The number of halogens is 1. The van der Waals surface area contributed by atoms with E-state index in [9.17, 15) is 9.59 Å². The number of carbonyl (C=O) groups excluding carboxylic acids is 2. The van der Waals surface area contributed by atoms with E-state index in [1.54, 1.807) is 61.7 Å². The van der Waals surface area contributed by atoms with Gasteiger partial charge in [0.05, 0.1) is 12.8 Å². The Labute approximate surface area is 178 Å². The van der Waals surface area contributed by atoms with Crippen molar-refractivity contribution < 1.29 is 14.3 Å². The number of carbonyl (C=O) groups is 2. The van der Waals surface area contributed by atoms with Crippen LogP contribution < -0.4 is 10.1 Å². The van der Waals surface area contributed by atoms with Gasteiger partial charge in [0, 0.05) is 23.7 Å². The molecule has 3 rings (SSSR count). The van der Waals surface area contributed by atoms with Crippen LogP contribution in [0.5, 0.6) is 5.75 Å². The molecule has 0 aromatic heterocycles. The van der Waals surface area contributed by atoms with Gasteiger partial charge in [-0.3, -0.25) is 14.5 Å². The van der Waals surface area contributed by atoms with Crippen molar-refractivity contribution in [2.24, 2.45) is 4.99 Å². The Hall–Kier alpha value is -2.77. The smallest absolute Gasteiger partial charge is 0.242 e.